The van der Waals surface area contributed by atoms with Crippen LogP contribution in [0.1, 0.15) is 5.56 Å². The minimum atomic E-state index is -0.104. The molecule has 0 radical (unpaired) electrons. The van der Waals surface area contributed by atoms with Crippen LogP contribution in [0.15, 0.2) is 24.3 Å². The van der Waals surface area contributed by atoms with E-state index in [4.69, 9.17) is 16.3 Å². The van der Waals surface area contributed by atoms with Crippen LogP contribution >= 0.6 is 43.5 Å². The molecule has 1 aromatic carbocycles. The van der Waals surface area contributed by atoms with Gasteiger partial charge in [-0.15, -0.1) is 0 Å². The van der Waals surface area contributed by atoms with Crippen LogP contribution in [0.25, 0.3) is 0 Å². The van der Waals surface area contributed by atoms with Crippen molar-refractivity contribution in [2.24, 2.45) is 0 Å². The Balaban J connectivity index is 3.13. The van der Waals surface area contributed by atoms with E-state index in [9.17, 15) is 0 Å². The summed E-state index contributed by atoms with van der Waals surface area (Å²) >= 11 is 13.3. The van der Waals surface area contributed by atoms with Crippen molar-refractivity contribution in [1.29, 1.82) is 0 Å². The number of rotatable bonds is 5. The normalized spacial score (nSPS) is 11.7. The van der Waals surface area contributed by atoms with Crippen molar-refractivity contribution in [3.05, 3.63) is 34.9 Å². The highest BCUT2D eigenvalue weighted by atomic mass is 79.9. The molecule has 0 aliphatic rings. The Morgan fingerprint density at radius 3 is 2.33 bits per heavy atom. The first-order chi connectivity index (χ1) is 7.20. The third-order valence-corrected chi connectivity index (χ3v) is 4.85. The van der Waals surface area contributed by atoms with Gasteiger partial charge >= 0.3 is 0 Å². The number of hydrogen-bond donors (Lipinski definition) is 0. The van der Waals surface area contributed by atoms with Crippen molar-refractivity contribution in [2.45, 2.75) is 5.41 Å². The number of halogens is 3. The molecule has 0 aliphatic heterocycles. The van der Waals surface area contributed by atoms with E-state index in [1.165, 1.54) is 0 Å². The Morgan fingerprint density at radius 1 is 1.27 bits per heavy atom. The summed E-state index contributed by atoms with van der Waals surface area (Å²) < 4.78 is 5.28. The van der Waals surface area contributed by atoms with Crippen LogP contribution in [-0.2, 0) is 10.2 Å². The molecule has 0 saturated heterocycles. The molecular formula is C11H13Br2ClO. The highest BCUT2D eigenvalue weighted by Crippen LogP contribution is 2.34. The molecule has 1 nitrogen and oxygen atoms in total. The number of ether oxygens (including phenoxy) is 1. The molecule has 0 unspecified atom stereocenters. The summed E-state index contributed by atoms with van der Waals surface area (Å²) in [4.78, 5) is 0. The molecule has 15 heavy (non-hydrogen) atoms. The van der Waals surface area contributed by atoms with E-state index in [2.05, 4.69) is 31.9 Å². The van der Waals surface area contributed by atoms with Crippen LogP contribution in [0.3, 0.4) is 0 Å². The van der Waals surface area contributed by atoms with Gasteiger partial charge in [0.25, 0.3) is 0 Å². The van der Waals surface area contributed by atoms with Gasteiger partial charge in [0.05, 0.1) is 6.61 Å². The first-order valence-corrected chi connectivity index (χ1v) is 7.18. The highest BCUT2D eigenvalue weighted by molar-refractivity contribution is 9.09. The maximum atomic E-state index is 6.20. The van der Waals surface area contributed by atoms with E-state index in [1.807, 2.05) is 24.3 Å². The lowest BCUT2D eigenvalue weighted by atomic mass is 9.85. The van der Waals surface area contributed by atoms with Crippen molar-refractivity contribution in [3.8, 4) is 0 Å². The molecule has 0 N–H and O–H groups in total. The average Bonchev–Trinajstić information content (AvgIpc) is 2.27. The number of hydrogen-bond acceptors (Lipinski definition) is 1. The lowest BCUT2D eigenvalue weighted by molar-refractivity contribution is 0.152. The zero-order valence-electron chi connectivity index (χ0n) is 8.47. The van der Waals surface area contributed by atoms with Crippen molar-refractivity contribution in [3.63, 3.8) is 0 Å². The van der Waals surface area contributed by atoms with Gasteiger partial charge in [-0.2, -0.15) is 0 Å². The van der Waals surface area contributed by atoms with Crippen LogP contribution in [0.4, 0.5) is 0 Å². The van der Waals surface area contributed by atoms with Crippen LogP contribution < -0.4 is 0 Å². The van der Waals surface area contributed by atoms with E-state index in [0.29, 0.717) is 6.61 Å². The molecule has 1 aromatic rings. The molecule has 0 amide bonds. The quantitative estimate of drug-likeness (QED) is 0.724. The second-order valence-corrected chi connectivity index (χ2v) is 4.99. The van der Waals surface area contributed by atoms with Gasteiger partial charge in [-0.3, -0.25) is 0 Å². The number of methoxy groups -OCH3 is 1. The van der Waals surface area contributed by atoms with Crippen molar-refractivity contribution in [2.75, 3.05) is 24.4 Å². The molecular weight excluding hydrogens is 343 g/mol. The Labute approximate surface area is 112 Å². The van der Waals surface area contributed by atoms with Gasteiger partial charge < -0.3 is 4.74 Å². The number of alkyl halides is 2. The topological polar surface area (TPSA) is 9.23 Å². The summed E-state index contributed by atoms with van der Waals surface area (Å²) in [5.74, 6) is 0. The summed E-state index contributed by atoms with van der Waals surface area (Å²) in [5.41, 5.74) is 1.01. The fraction of sp³-hybridized carbons (Fsp3) is 0.455. The Hall–Kier alpha value is 0.430. The molecule has 0 heterocycles. The van der Waals surface area contributed by atoms with Gasteiger partial charge in [-0.1, -0.05) is 61.7 Å². The van der Waals surface area contributed by atoms with Gasteiger partial charge in [0.15, 0.2) is 0 Å². The second kappa shape index (κ2) is 6.24. The van der Waals surface area contributed by atoms with Crippen LogP contribution in [-0.4, -0.2) is 24.4 Å². The Morgan fingerprint density at radius 2 is 1.87 bits per heavy atom. The first-order valence-electron chi connectivity index (χ1n) is 4.56. The standard InChI is InChI=1S/C11H13Br2ClO/c1-15-8-11(6-12,7-13)9-4-2-3-5-10(9)14/h2-5H,6-8H2,1H3. The molecule has 1 rings (SSSR count). The Bertz CT molecular complexity index is 313. The fourth-order valence-corrected chi connectivity index (χ4v) is 3.69. The molecule has 0 bridgehead atoms. The highest BCUT2D eigenvalue weighted by Gasteiger charge is 2.31. The maximum Gasteiger partial charge on any atom is 0.0575 e. The molecule has 4 heteroatoms. The lowest BCUT2D eigenvalue weighted by Gasteiger charge is -2.30. The molecule has 0 aromatic heterocycles. The van der Waals surface area contributed by atoms with E-state index in [1.54, 1.807) is 7.11 Å². The predicted octanol–water partition coefficient (Wildman–Crippen LogP) is 4.01. The summed E-state index contributed by atoms with van der Waals surface area (Å²) in [6.45, 7) is 0.632. The van der Waals surface area contributed by atoms with Crippen molar-refractivity contribution in [1.82, 2.24) is 0 Å². The van der Waals surface area contributed by atoms with Gasteiger partial charge in [-0.25, -0.2) is 0 Å². The third kappa shape index (κ3) is 2.96. The molecule has 0 atom stereocenters. The smallest absolute Gasteiger partial charge is 0.0575 e. The number of benzene rings is 1. The summed E-state index contributed by atoms with van der Waals surface area (Å²) in [5, 5.41) is 2.40. The van der Waals surface area contributed by atoms with E-state index in [0.717, 1.165) is 21.2 Å². The molecule has 84 valence electrons. The van der Waals surface area contributed by atoms with E-state index < -0.39 is 0 Å². The summed E-state index contributed by atoms with van der Waals surface area (Å²) in [6, 6.07) is 7.89. The third-order valence-electron chi connectivity index (χ3n) is 2.38. The van der Waals surface area contributed by atoms with Crippen molar-refractivity contribution < 1.29 is 4.74 Å². The monoisotopic (exact) mass is 354 g/mol. The summed E-state index contributed by atoms with van der Waals surface area (Å²) in [7, 11) is 1.71. The average molecular weight is 356 g/mol. The van der Waals surface area contributed by atoms with Gasteiger partial charge in [0, 0.05) is 28.2 Å². The van der Waals surface area contributed by atoms with Crippen molar-refractivity contribution >= 4 is 43.5 Å². The Kier molecular flexibility index (Phi) is 5.61. The summed E-state index contributed by atoms with van der Waals surface area (Å²) in [6.07, 6.45) is 0. The minimum absolute atomic E-state index is 0.104. The zero-order chi connectivity index (χ0) is 11.3. The molecule has 0 fully saturated rings. The largest absolute Gasteiger partial charge is 0.384 e. The van der Waals surface area contributed by atoms with Gasteiger partial charge in [-0.05, 0) is 11.6 Å². The SMILES string of the molecule is COCC(CBr)(CBr)c1ccccc1Cl. The molecule has 0 aliphatic carbocycles. The zero-order valence-corrected chi connectivity index (χ0v) is 12.4. The maximum absolute atomic E-state index is 6.20. The predicted molar refractivity (Wildman–Crippen MR) is 72.6 cm³/mol. The lowest BCUT2D eigenvalue weighted by Crippen LogP contribution is -2.35. The van der Waals surface area contributed by atoms with E-state index >= 15 is 0 Å². The van der Waals surface area contributed by atoms with Crippen LogP contribution in [0, 0.1) is 0 Å². The second-order valence-electron chi connectivity index (χ2n) is 3.46. The van der Waals surface area contributed by atoms with E-state index in [-0.39, 0.29) is 5.41 Å². The fourth-order valence-electron chi connectivity index (χ4n) is 1.50. The molecule has 0 saturated carbocycles. The van der Waals surface area contributed by atoms with Crippen LogP contribution in [0.5, 0.6) is 0 Å². The molecule has 0 spiro atoms. The minimum Gasteiger partial charge on any atom is -0.384 e. The van der Waals surface area contributed by atoms with Gasteiger partial charge in [0.1, 0.15) is 0 Å². The van der Waals surface area contributed by atoms with Crippen LogP contribution in [0.2, 0.25) is 5.02 Å². The first kappa shape index (κ1) is 13.5. The van der Waals surface area contributed by atoms with Gasteiger partial charge in [0.2, 0.25) is 0 Å².